The van der Waals surface area contributed by atoms with Crippen LogP contribution in [0.3, 0.4) is 0 Å². The molecule has 104 valence electrons. The summed E-state index contributed by atoms with van der Waals surface area (Å²) in [5.41, 5.74) is 0.173. The van der Waals surface area contributed by atoms with Crippen LogP contribution in [0.4, 0.5) is 5.82 Å². The van der Waals surface area contributed by atoms with Gasteiger partial charge in [0.05, 0.1) is 0 Å². The third-order valence-electron chi connectivity index (χ3n) is 3.81. The van der Waals surface area contributed by atoms with E-state index in [-0.39, 0.29) is 11.6 Å². The van der Waals surface area contributed by atoms with Gasteiger partial charge in [0.15, 0.2) is 0 Å². The number of rotatable bonds is 4. The van der Waals surface area contributed by atoms with Gasteiger partial charge in [-0.3, -0.25) is 0 Å². The summed E-state index contributed by atoms with van der Waals surface area (Å²) in [6, 6.07) is 3.21. The average molecular weight is 283 g/mol. The Labute approximate surface area is 118 Å². The largest absolute Gasteiger partial charge is 0.478 e. The van der Waals surface area contributed by atoms with E-state index in [1.807, 2.05) is 0 Å². The maximum Gasteiger partial charge on any atom is 0.339 e. The highest BCUT2D eigenvalue weighted by molar-refractivity contribution is 6.29. The first-order valence-electron chi connectivity index (χ1n) is 6.74. The van der Waals surface area contributed by atoms with Crippen LogP contribution in [0.15, 0.2) is 12.1 Å². The van der Waals surface area contributed by atoms with Gasteiger partial charge in [-0.1, -0.05) is 30.9 Å². The van der Waals surface area contributed by atoms with Crippen LogP contribution >= 0.6 is 11.6 Å². The molecule has 1 aliphatic rings. The molecule has 1 aliphatic carbocycles. The first-order valence-corrected chi connectivity index (χ1v) is 7.12. The van der Waals surface area contributed by atoms with Gasteiger partial charge in [-0.15, -0.1) is 0 Å². The molecule has 1 aromatic heterocycles. The molecule has 4 nitrogen and oxygen atoms in total. The molecule has 0 bridgehead atoms. The Morgan fingerprint density at radius 1 is 1.42 bits per heavy atom. The summed E-state index contributed by atoms with van der Waals surface area (Å²) in [5.74, 6) is -0.0308. The first kappa shape index (κ1) is 14.1. The molecule has 19 heavy (non-hydrogen) atoms. The molecule has 0 saturated heterocycles. The van der Waals surface area contributed by atoms with Crippen LogP contribution in [0.1, 0.15) is 49.4 Å². The van der Waals surface area contributed by atoms with Crippen LogP contribution in [0, 0.1) is 5.92 Å². The van der Waals surface area contributed by atoms with Crippen molar-refractivity contribution in [3.63, 3.8) is 0 Å². The van der Waals surface area contributed by atoms with E-state index in [1.165, 1.54) is 44.2 Å². The Bertz CT molecular complexity index is 459. The normalized spacial score (nSPS) is 18.0. The molecule has 0 aromatic carbocycles. The van der Waals surface area contributed by atoms with Crippen LogP contribution in [-0.2, 0) is 0 Å². The molecule has 1 aromatic rings. The van der Waals surface area contributed by atoms with Gasteiger partial charge < -0.3 is 10.4 Å². The summed E-state index contributed by atoms with van der Waals surface area (Å²) in [6.45, 7) is 2.09. The van der Waals surface area contributed by atoms with Crippen LogP contribution in [0.2, 0.25) is 5.15 Å². The first-order chi connectivity index (χ1) is 9.08. The number of carboxylic acids is 1. The fourth-order valence-electron chi connectivity index (χ4n) is 2.69. The number of hydrogen-bond donors (Lipinski definition) is 2. The third-order valence-corrected chi connectivity index (χ3v) is 4.02. The minimum atomic E-state index is -0.984. The Hall–Kier alpha value is -1.29. The molecule has 1 heterocycles. The summed E-state index contributed by atoms with van der Waals surface area (Å²) >= 11 is 5.85. The molecule has 0 aliphatic heterocycles. The third kappa shape index (κ3) is 3.60. The zero-order chi connectivity index (χ0) is 13.8. The van der Waals surface area contributed by atoms with Gasteiger partial charge >= 0.3 is 5.97 Å². The van der Waals surface area contributed by atoms with Gasteiger partial charge in [0, 0.05) is 6.04 Å². The molecule has 1 saturated carbocycles. The number of halogens is 1. The van der Waals surface area contributed by atoms with Gasteiger partial charge in [-0.05, 0) is 37.8 Å². The fraction of sp³-hybridized carbons (Fsp3) is 0.571. The molecule has 2 N–H and O–H groups in total. The van der Waals surface area contributed by atoms with Gasteiger partial charge in [0.2, 0.25) is 0 Å². The van der Waals surface area contributed by atoms with Crippen molar-refractivity contribution in [1.29, 1.82) is 0 Å². The summed E-state index contributed by atoms with van der Waals surface area (Å²) in [5, 5.41) is 12.7. The molecule has 1 fully saturated rings. The second-order valence-electron chi connectivity index (χ2n) is 5.17. The van der Waals surface area contributed by atoms with E-state index in [1.54, 1.807) is 0 Å². The predicted octanol–water partition coefficient (Wildman–Crippen LogP) is 3.81. The Morgan fingerprint density at radius 3 is 2.74 bits per heavy atom. The molecule has 0 amide bonds. The topological polar surface area (TPSA) is 62.2 Å². The van der Waals surface area contributed by atoms with Crippen molar-refractivity contribution in [3.05, 3.63) is 22.8 Å². The molecule has 0 radical (unpaired) electrons. The number of anilines is 1. The SMILES string of the molecule is CC(Nc1nc(Cl)ccc1C(=O)O)C1CCCCC1. The highest BCUT2D eigenvalue weighted by Crippen LogP contribution is 2.28. The molecule has 1 atom stereocenters. The van der Waals surface area contributed by atoms with Crippen LogP contribution < -0.4 is 5.32 Å². The van der Waals surface area contributed by atoms with Crippen molar-refractivity contribution < 1.29 is 9.90 Å². The summed E-state index contributed by atoms with van der Waals surface area (Å²) in [4.78, 5) is 15.3. The van der Waals surface area contributed by atoms with Gasteiger partial charge in [-0.2, -0.15) is 0 Å². The quantitative estimate of drug-likeness (QED) is 0.824. The summed E-state index contributed by atoms with van der Waals surface area (Å²) in [6.07, 6.45) is 6.20. The fourth-order valence-corrected chi connectivity index (χ4v) is 2.83. The van der Waals surface area contributed by atoms with E-state index >= 15 is 0 Å². The second-order valence-corrected chi connectivity index (χ2v) is 5.55. The highest BCUT2D eigenvalue weighted by atomic mass is 35.5. The predicted molar refractivity (Wildman–Crippen MR) is 75.9 cm³/mol. The maximum absolute atomic E-state index is 11.2. The number of aromatic nitrogens is 1. The average Bonchev–Trinajstić information content (AvgIpc) is 2.39. The van der Waals surface area contributed by atoms with Gasteiger partial charge in [0.1, 0.15) is 16.5 Å². The van der Waals surface area contributed by atoms with E-state index < -0.39 is 5.97 Å². The zero-order valence-corrected chi connectivity index (χ0v) is 11.8. The Morgan fingerprint density at radius 2 is 2.11 bits per heavy atom. The summed E-state index contributed by atoms with van der Waals surface area (Å²) in [7, 11) is 0. The monoisotopic (exact) mass is 282 g/mol. The standard InChI is InChI=1S/C14H19ClN2O2/c1-9(10-5-3-2-4-6-10)16-13-11(14(18)19)7-8-12(15)17-13/h7-10H,2-6H2,1H3,(H,16,17)(H,18,19). The molecule has 1 unspecified atom stereocenters. The van der Waals surface area contributed by atoms with Crippen LogP contribution in [0.5, 0.6) is 0 Å². The molecule has 0 spiro atoms. The smallest absolute Gasteiger partial charge is 0.339 e. The number of hydrogen-bond acceptors (Lipinski definition) is 3. The van der Waals surface area contributed by atoms with Crippen molar-refractivity contribution in [2.24, 2.45) is 5.92 Å². The number of carbonyl (C=O) groups is 1. The van der Waals surface area contributed by atoms with E-state index in [9.17, 15) is 4.79 Å². The lowest BCUT2D eigenvalue weighted by Gasteiger charge is -2.29. The number of nitrogens with zero attached hydrogens (tertiary/aromatic N) is 1. The number of nitrogens with one attached hydrogen (secondary N) is 1. The van der Waals surface area contributed by atoms with Crippen molar-refractivity contribution in [2.45, 2.75) is 45.1 Å². The minimum absolute atomic E-state index is 0.173. The lowest BCUT2D eigenvalue weighted by Crippen LogP contribution is -2.29. The molecular formula is C14H19ClN2O2. The number of pyridine rings is 1. The van der Waals surface area contributed by atoms with E-state index in [4.69, 9.17) is 16.7 Å². The minimum Gasteiger partial charge on any atom is -0.478 e. The number of aromatic carboxylic acids is 1. The Balaban J connectivity index is 2.12. The van der Waals surface area contributed by atoms with Crippen LogP contribution in [-0.4, -0.2) is 22.1 Å². The van der Waals surface area contributed by atoms with Gasteiger partial charge in [0.25, 0.3) is 0 Å². The highest BCUT2D eigenvalue weighted by Gasteiger charge is 2.22. The lowest BCUT2D eigenvalue weighted by molar-refractivity contribution is 0.0697. The maximum atomic E-state index is 11.2. The van der Waals surface area contributed by atoms with E-state index in [0.29, 0.717) is 16.9 Å². The summed E-state index contributed by atoms with van der Waals surface area (Å²) < 4.78 is 0. The van der Waals surface area contributed by atoms with E-state index in [2.05, 4.69) is 17.2 Å². The van der Waals surface area contributed by atoms with Crippen molar-refractivity contribution in [3.8, 4) is 0 Å². The van der Waals surface area contributed by atoms with E-state index in [0.717, 1.165) is 0 Å². The molecule has 2 rings (SSSR count). The molecular weight excluding hydrogens is 264 g/mol. The lowest BCUT2D eigenvalue weighted by atomic mass is 9.84. The van der Waals surface area contributed by atoms with Gasteiger partial charge in [-0.25, -0.2) is 9.78 Å². The van der Waals surface area contributed by atoms with Crippen molar-refractivity contribution >= 4 is 23.4 Å². The Kier molecular flexibility index (Phi) is 4.64. The number of carboxylic acid groups (broad SMARTS) is 1. The van der Waals surface area contributed by atoms with Crippen molar-refractivity contribution in [2.75, 3.05) is 5.32 Å². The zero-order valence-electron chi connectivity index (χ0n) is 11.0. The van der Waals surface area contributed by atoms with Crippen LogP contribution in [0.25, 0.3) is 0 Å². The van der Waals surface area contributed by atoms with Crippen molar-refractivity contribution in [1.82, 2.24) is 4.98 Å². The molecule has 5 heteroatoms. The second kappa shape index (κ2) is 6.24.